The molecule has 6 nitrogen and oxygen atoms in total. The smallest absolute Gasteiger partial charge is 0.323 e. The Morgan fingerprint density at radius 3 is 2.54 bits per heavy atom. The maximum Gasteiger partial charge on any atom is 0.323 e. The van der Waals surface area contributed by atoms with Crippen LogP contribution >= 0.6 is 35.0 Å². The fourth-order valence-electron chi connectivity index (χ4n) is 1.84. The van der Waals surface area contributed by atoms with Crippen LogP contribution in [0.4, 0.5) is 4.79 Å². The number of imide groups is 1. The molecule has 0 aromatic heterocycles. The molecule has 0 bridgehead atoms. The molecule has 2 rings (SSSR count). The Bertz CT molecular complexity index is 777. The average Bonchev–Trinajstić information content (AvgIpc) is 2.74. The lowest BCUT2D eigenvalue weighted by molar-refractivity contribution is -0.140. The number of rotatable bonds is 5. The van der Waals surface area contributed by atoms with Gasteiger partial charge < -0.3 is 9.84 Å². The highest BCUT2D eigenvalue weighted by Gasteiger charge is 2.36. The van der Waals surface area contributed by atoms with Crippen molar-refractivity contribution in [1.82, 2.24) is 4.90 Å². The summed E-state index contributed by atoms with van der Waals surface area (Å²) in [5.74, 6) is 0.534. The topological polar surface area (TPSA) is 83.9 Å². The highest BCUT2D eigenvalue weighted by Crippen LogP contribution is 2.37. The fourth-order valence-corrected chi connectivity index (χ4v) is 3.29. The van der Waals surface area contributed by atoms with Gasteiger partial charge in [0.05, 0.1) is 15.0 Å². The molecule has 1 aliphatic heterocycles. The molecule has 0 aliphatic carbocycles. The first-order chi connectivity index (χ1) is 11.3. The molecule has 1 aromatic rings. The second kappa shape index (κ2) is 7.62. The minimum atomic E-state index is -1.28. The molecule has 1 aromatic carbocycles. The predicted molar refractivity (Wildman–Crippen MR) is 91.1 cm³/mol. The Balaban J connectivity index is 2.29. The van der Waals surface area contributed by atoms with Gasteiger partial charge in [-0.2, -0.15) is 0 Å². The molecular formula is C15H9Cl2NO5S. The van der Waals surface area contributed by atoms with E-state index in [0.29, 0.717) is 22.2 Å². The number of benzene rings is 1. The van der Waals surface area contributed by atoms with E-state index < -0.39 is 23.7 Å². The van der Waals surface area contributed by atoms with E-state index in [1.807, 2.05) is 0 Å². The van der Waals surface area contributed by atoms with Crippen LogP contribution in [-0.2, 0) is 9.59 Å². The SMILES string of the molecule is C#CCOc1c(Cl)cc(/C=C2/SC(=O)N(CC(=O)O)C2=O)cc1Cl. The standard InChI is InChI=1S/C15H9Cl2NO5S/c1-2-3-23-13-9(16)4-8(5-10(13)17)6-11-14(21)18(7-12(19)20)15(22)24-11/h1,4-6H,3,7H2,(H,19,20)/b11-6+. The van der Waals surface area contributed by atoms with E-state index in [0.717, 1.165) is 0 Å². The molecular weight excluding hydrogens is 377 g/mol. The Morgan fingerprint density at radius 2 is 2.00 bits per heavy atom. The summed E-state index contributed by atoms with van der Waals surface area (Å²) in [6.07, 6.45) is 6.50. The minimum Gasteiger partial charge on any atom is -0.480 e. The predicted octanol–water partition coefficient (Wildman–Crippen LogP) is 3.13. The number of nitrogens with zero attached hydrogens (tertiary/aromatic N) is 1. The van der Waals surface area contributed by atoms with E-state index in [1.54, 1.807) is 0 Å². The number of thioether (sulfide) groups is 1. The maximum absolute atomic E-state index is 12.1. The second-order valence-corrected chi connectivity index (χ2v) is 6.28. The summed E-state index contributed by atoms with van der Waals surface area (Å²) in [6.45, 7) is -0.699. The van der Waals surface area contributed by atoms with Crippen LogP contribution in [0, 0.1) is 12.3 Å². The van der Waals surface area contributed by atoms with Gasteiger partial charge in [0.25, 0.3) is 11.1 Å². The van der Waals surface area contributed by atoms with Crippen molar-refractivity contribution >= 4 is 58.2 Å². The van der Waals surface area contributed by atoms with Crippen molar-refractivity contribution in [1.29, 1.82) is 0 Å². The van der Waals surface area contributed by atoms with E-state index in [1.165, 1.54) is 18.2 Å². The number of aliphatic carboxylic acids is 1. The van der Waals surface area contributed by atoms with Gasteiger partial charge in [-0.05, 0) is 35.5 Å². The number of carboxylic acid groups (broad SMARTS) is 1. The Kier molecular flexibility index (Phi) is 5.78. The fraction of sp³-hybridized carbons (Fsp3) is 0.133. The molecule has 0 unspecified atom stereocenters. The molecule has 24 heavy (non-hydrogen) atoms. The number of terminal acetylenes is 1. The van der Waals surface area contributed by atoms with Crippen LogP contribution in [0.1, 0.15) is 5.56 Å². The second-order valence-electron chi connectivity index (χ2n) is 4.47. The highest BCUT2D eigenvalue weighted by molar-refractivity contribution is 8.18. The van der Waals surface area contributed by atoms with Crippen LogP contribution in [0.5, 0.6) is 5.75 Å². The van der Waals surface area contributed by atoms with Crippen molar-refractivity contribution in [2.24, 2.45) is 0 Å². The number of carbonyl (C=O) groups is 3. The van der Waals surface area contributed by atoms with Gasteiger partial charge in [0.2, 0.25) is 0 Å². The van der Waals surface area contributed by atoms with Gasteiger partial charge in [-0.3, -0.25) is 19.3 Å². The first-order valence-corrected chi connectivity index (χ1v) is 7.93. The van der Waals surface area contributed by atoms with Gasteiger partial charge in [-0.25, -0.2) is 0 Å². The Labute approximate surface area is 151 Å². The van der Waals surface area contributed by atoms with Crippen LogP contribution in [0.2, 0.25) is 10.0 Å². The first-order valence-electron chi connectivity index (χ1n) is 6.36. The first kappa shape index (κ1) is 18.2. The van der Waals surface area contributed by atoms with Crippen LogP contribution in [0.3, 0.4) is 0 Å². The zero-order valence-electron chi connectivity index (χ0n) is 11.9. The normalized spacial score (nSPS) is 15.7. The molecule has 124 valence electrons. The molecule has 0 radical (unpaired) electrons. The van der Waals surface area contributed by atoms with Gasteiger partial charge in [0.1, 0.15) is 13.2 Å². The molecule has 0 spiro atoms. The monoisotopic (exact) mass is 385 g/mol. The number of carboxylic acids is 1. The van der Waals surface area contributed by atoms with Gasteiger partial charge in [0, 0.05) is 0 Å². The zero-order chi connectivity index (χ0) is 17.9. The number of hydrogen-bond acceptors (Lipinski definition) is 5. The number of ether oxygens (including phenoxy) is 1. The van der Waals surface area contributed by atoms with Gasteiger partial charge in [-0.15, -0.1) is 6.42 Å². The van der Waals surface area contributed by atoms with Gasteiger partial charge in [-0.1, -0.05) is 29.1 Å². The van der Waals surface area contributed by atoms with Crippen molar-refractivity contribution in [2.45, 2.75) is 0 Å². The Morgan fingerprint density at radius 1 is 1.38 bits per heavy atom. The lowest BCUT2D eigenvalue weighted by atomic mass is 10.2. The van der Waals surface area contributed by atoms with E-state index in [9.17, 15) is 14.4 Å². The van der Waals surface area contributed by atoms with E-state index in [4.69, 9.17) is 39.5 Å². The zero-order valence-corrected chi connectivity index (χ0v) is 14.2. The van der Waals surface area contributed by atoms with Crippen molar-refractivity contribution in [2.75, 3.05) is 13.2 Å². The van der Waals surface area contributed by atoms with E-state index in [-0.39, 0.29) is 27.3 Å². The number of halogens is 2. The summed E-state index contributed by atoms with van der Waals surface area (Å²) in [4.78, 5) is 35.2. The summed E-state index contributed by atoms with van der Waals surface area (Å²) in [5, 5.41) is 8.45. The van der Waals surface area contributed by atoms with Gasteiger partial charge >= 0.3 is 5.97 Å². The molecule has 1 heterocycles. The summed E-state index contributed by atoms with van der Waals surface area (Å²) in [7, 11) is 0. The summed E-state index contributed by atoms with van der Waals surface area (Å²) >= 11 is 12.8. The highest BCUT2D eigenvalue weighted by atomic mass is 35.5. The summed E-state index contributed by atoms with van der Waals surface area (Å²) in [6, 6.07) is 2.98. The van der Waals surface area contributed by atoms with E-state index in [2.05, 4.69) is 5.92 Å². The van der Waals surface area contributed by atoms with Crippen LogP contribution in [-0.4, -0.2) is 40.3 Å². The average molecular weight is 386 g/mol. The van der Waals surface area contributed by atoms with Crippen molar-refractivity contribution in [3.05, 3.63) is 32.6 Å². The lowest BCUT2D eigenvalue weighted by Crippen LogP contribution is -2.33. The maximum atomic E-state index is 12.1. The minimum absolute atomic E-state index is 0.00708. The van der Waals surface area contributed by atoms with Crippen LogP contribution in [0.25, 0.3) is 6.08 Å². The van der Waals surface area contributed by atoms with Crippen molar-refractivity contribution in [3.8, 4) is 18.1 Å². The molecule has 1 aliphatic rings. The molecule has 1 fully saturated rings. The molecule has 9 heteroatoms. The van der Waals surface area contributed by atoms with Crippen LogP contribution < -0.4 is 4.74 Å². The van der Waals surface area contributed by atoms with Crippen molar-refractivity contribution in [3.63, 3.8) is 0 Å². The molecule has 1 saturated heterocycles. The number of amides is 2. The molecule has 0 atom stereocenters. The molecule has 2 amide bonds. The Hall–Kier alpha value is -2.14. The van der Waals surface area contributed by atoms with Crippen molar-refractivity contribution < 1.29 is 24.2 Å². The number of hydrogen-bond donors (Lipinski definition) is 1. The third-order valence-corrected chi connectivity index (χ3v) is 4.25. The lowest BCUT2D eigenvalue weighted by Gasteiger charge is -2.09. The van der Waals surface area contributed by atoms with E-state index >= 15 is 0 Å². The van der Waals surface area contributed by atoms with Crippen LogP contribution in [0.15, 0.2) is 17.0 Å². The third kappa shape index (κ3) is 4.03. The molecule has 1 N–H and O–H groups in total. The third-order valence-electron chi connectivity index (χ3n) is 2.79. The number of carbonyl (C=O) groups excluding carboxylic acids is 2. The van der Waals surface area contributed by atoms with Gasteiger partial charge in [0.15, 0.2) is 5.75 Å². The largest absolute Gasteiger partial charge is 0.480 e. The summed E-state index contributed by atoms with van der Waals surface area (Å²) < 4.78 is 5.22. The quantitative estimate of drug-likeness (QED) is 0.619. The molecule has 0 saturated carbocycles. The summed E-state index contributed by atoms with van der Waals surface area (Å²) in [5.41, 5.74) is 0.457.